The average molecular weight is 444 g/mol. The highest BCUT2D eigenvalue weighted by atomic mass is 32.1. The molecule has 0 aliphatic carbocycles. The maximum atomic E-state index is 12.6. The lowest BCUT2D eigenvalue weighted by Gasteiger charge is -2.29. The van der Waals surface area contributed by atoms with Gasteiger partial charge in [-0.05, 0) is 55.0 Å². The number of carbonyl (C=O) groups is 1. The Labute approximate surface area is 190 Å². The lowest BCUT2D eigenvalue weighted by Crippen LogP contribution is -2.41. The normalized spacial score (nSPS) is 12.9. The Balaban J connectivity index is 1.37. The third-order valence-corrected chi connectivity index (χ3v) is 6.02. The Kier molecular flexibility index (Phi) is 5.56. The second-order valence-corrected chi connectivity index (χ2v) is 8.29. The van der Waals surface area contributed by atoms with Crippen molar-refractivity contribution in [3.8, 4) is 33.5 Å². The zero-order chi connectivity index (χ0) is 21.9. The van der Waals surface area contributed by atoms with Crippen molar-refractivity contribution in [1.29, 1.82) is 0 Å². The topological polar surface area (TPSA) is 64.5 Å². The fourth-order valence-electron chi connectivity index (χ4n) is 3.58. The highest BCUT2D eigenvalue weighted by Crippen LogP contribution is 2.37. The number of ether oxygens (including phenoxy) is 2. The van der Waals surface area contributed by atoms with Crippen molar-refractivity contribution in [3.63, 3.8) is 0 Å². The molecule has 3 heterocycles. The second-order valence-electron chi connectivity index (χ2n) is 7.43. The first kappa shape index (κ1) is 20.2. The van der Waals surface area contributed by atoms with Gasteiger partial charge in [-0.15, -0.1) is 11.3 Å². The first-order valence-corrected chi connectivity index (χ1v) is 11.2. The summed E-state index contributed by atoms with van der Waals surface area (Å²) in [4.78, 5) is 23.5. The van der Waals surface area contributed by atoms with Crippen molar-refractivity contribution >= 4 is 22.9 Å². The number of anilines is 1. The van der Waals surface area contributed by atoms with Crippen LogP contribution in [0.5, 0.6) is 11.5 Å². The highest BCUT2D eigenvalue weighted by molar-refractivity contribution is 7.13. The number of carbonyl (C=O) groups excluding carboxylic acids is 1. The quantitative estimate of drug-likeness (QED) is 0.420. The number of fused-ring (bicyclic) bond motifs is 1. The number of nitrogens with zero attached hydrogens (tertiary/aromatic N) is 3. The van der Waals surface area contributed by atoms with Crippen LogP contribution in [0.15, 0.2) is 72.2 Å². The number of thiazole rings is 1. The van der Waals surface area contributed by atoms with Crippen LogP contribution in [0.1, 0.15) is 5.56 Å². The Hall–Kier alpha value is -3.71. The van der Waals surface area contributed by atoms with Gasteiger partial charge in [0.25, 0.3) is 5.91 Å². The number of amides is 1. The predicted octanol–water partition coefficient (Wildman–Crippen LogP) is 4.98. The molecular weight excluding hydrogens is 422 g/mol. The molecule has 0 bridgehead atoms. The van der Waals surface area contributed by atoms with Crippen LogP contribution in [-0.4, -0.2) is 35.6 Å². The summed E-state index contributed by atoms with van der Waals surface area (Å²) in [5.41, 5.74) is 4.47. The third kappa shape index (κ3) is 4.20. The van der Waals surface area contributed by atoms with Crippen LogP contribution in [0.2, 0.25) is 0 Å². The molecule has 0 radical (unpaired) electrons. The molecule has 32 heavy (non-hydrogen) atoms. The minimum Gasteiger partial charge on any atom is -0.492 e. The summed E-state index contributed by atoms with van der Waals surface area (Å²) >= 11 is 1.54. The third-order valence-electron chi connectivity index (χ3n) is 5.16. The molecule has 7 heteroatoms. The molecule has 0 saturated heterocycles. The van der Waals surface area contributed by atoms with Crippen LogP contribution in [-0.2, 0) is 4.79 Å². The summed E-state index contributed by atoms with van der Waals surface area (Å²) in [6.07, 6.45) is 1.76. The van der Waals surface area contributed by atoms with E-state index in [1.807, 2.05) is 73.0 Å². The molecule has 160 valence electrons. The molecule has 4 aromatic rings. The Bertz CT molecular complexity index is 1260. The van der Waals surface area contributed by atoms with Gasteiger partial charge in [-0.3, -0.25) is 9.78 Å². The van der Waals surface area contributed by atoms with E-state index in [1.165, 1.54) is 0 Å². The largest absolute Gasteiger partial charge is 0.492 e. The Morgan fingerprint density at radius 2 is 2.03 bits per heavy atom. The molecule has 0 N–H and O–H groups in total. The molecule has 0 atom stereocenters. The van der Waals surface area contributed by atoms with E-state index < -0.39 is 0 Å². The zero-order valence-corrected chi connectivity index (χ0v) is 18.3. The van der Waals surface area contributed by atoms with Gasteiger partial charge in [-0.25, -0.2) is 4.98 Å². The lowest BCUT2D eigenvalue weighted by atomic mass is 10.1. The summed E-state index contributed by atoms with van der Waals surface area (Å²) in [5.74, 6) is 1.39. The van der Waals surface area contributed by atoms with Crippen LogP contribution in [0.25, 0.3) is 22.0 Å². The number of aromatic nitrogens is 2. The summed E-state index contributed by atoms with van der Waals surface area (Å²) in [6.45, 7) is 2.87. The van der Waals surface area contributed by atoms with E-state index in [-0.39, 0.29) is 12.5 Å². The maximum Gasteiger partial charge on any atom is 0.265 e. The number of benzene rings is 2. The molecule has 1 amide bonds. The van der Waals surface area contributed by atoms with Gasteiger partial charge >= 0.3 is 0 Å². The number of hydrogen-bond acceptors (Lipinski definition) is 6. The molecule has 2 aromatic heterocycles. The van der Waals surface area contributed by atoms with Gasteiger partial charge in [0.15, 0.2) is 6.61 Å². The molecule has 0 saturated carbocycles. The summed E-state index contributed by atoms with van der Waals surface area (Å²) in [7, 11) is 0. The number of hydrogen-bond donors (Lipinski definition) is 0. The molecule has 6 nitrogen and oxygen atoms in total. The molecule has 0 fully saturated rings. The van der Waals surface area contributed by atoms with Crippen molar-refractivity contribution in [3.05, 3.63) is 77.8 Å². The van der Waals surface area contributed by atoms with Crippen molar-refractivity contribution in [2.45, 2.75) is 6.92 Å². The van der Waals surface area contributed by atoms with Crippen LogP contribution >= 0.6 is 11.3 Å². The van der Waals surface area contributed by atoms with E-state index in [0.29, 0.717) is 18.9 Å². The fourth-order valence-corrected chi connectivity index (χ4v) is 4.38. The first-order chi connectivity index (χ1) is 15.7. The maximum absolute atomic E-state index is 12.6. The van der Waals surface area contributed by atoms with E-state index >= 15 is 0 Å². The van der Waals surface area contributed by atoms with Crippen molar-refractivity contribution in [2.24, 2.45) is 0 Å². The van der Waals surface area contributed by atoms with E-state index in [9.17, 15) is 4.79 Å². The van der Waals surface area contributed by atoms with Gasteiger partial charge in [0.2, 0.25) is 0 Å². The second kappa shape index (κ2) is 8.80. The minimum atomic E-state index is -0.0880. The smallest absolute Gasteiger partial charge is 0.265 e. The van der Waals surface area contributed by atoms with Gasteiger partial charge in [0.1, 0.15) is 23.1 Å². The first-order valence-electron chi connectivity index (χ1n) is 10.3. The number of pyridine rings is 1. The summed E-state index contributed by atoms with van der Waals surface area (Å²) < 4.78 is 11.5. The number of aryl methyl sites for hydroxylation is 1. The SMILES string of the molecule is Cc1cccc(OCCN2C(=O)COc3ccc(-c4csc(-c5ccccn5)n4)cc32)c1. The predicted molar refractivity (Wildman–Crippen MR) is 125 cm³/mol. The lowest BCUT2D eigenvalue weighted by molar-refractivity contribution is -0.121. The fraction of sp³-hybridized carbons (Fsp3) is 0.160. The van der Waals surface area contributed by atoms with Crippen molar-refractivity contribution in [2.75, 3.05) is 24.7 Å². The zero-order valence-electron chi connectivity index (χ0n) is 17.5. The van der Waals surface area contributed by atoms with Crippen molar-refractivity contribution in [1.82, 2.24) is 9.97 Å². The highest BCUT2D eigenvalue weighted by Gasteiger charge is 2.26. The van der Waals surface area contributed by atoms with Gasteiger partial charge in [0.05, 0.1) is 23.6 Å². The average Bonchev–Trinajstić information content (AvgIpc) is 3.31. The molecule has 0 spiro atoms. The molecule has 1 aliphatic rings. The van der Waals surface area contributed by atoms with Crippen LogP contribution in [0.3, 0.4) is 0 Å². The standard InChI is InChI=1S/C25H21N3O3S/c1-17-5-4-6-19(13-17)30-12-11-28-22-14-18(8-9-23(22)31-15-24(28)29)21-16-32-25(27-21)20-7-2-3-10-26-20/h2-10,13-14,16H,11-12,15H2,1H3. The van der Waals surface area contributed by atoms with Gasteiger partial charge in [0, 0.05) is 17.1 Å². The Morgan fingerprint density at radius 3 is 2.88 bits per heavy atom. The van der Waals surface area contributed by atoms with Gasteiger partial charge in [-0.2, -0.15) is 0 Å². The number of rotatable bonds is 6. The van der Waals surface area contributed by atoms with Crippen LogP contribution in [0, 0.1) is 6.92 Å². The molecule has 2 aromatic carbocycles. The Morgan fingerprint density at radius 1 is 1.09 bits per heavy atom. The minimum absolute atomic E-state index is 0.0251. The molecule has 5 rings (SSSR count). The van der Waals surface area contributed by atoms with Crippen LogP contribution in [0.4, 0.5) is 5.69 Å². The molecular formula is C25H21N3O3S. The van der Waals surface area contributed by atoms with Gasteiger partial charge in [-0.1, -0.05) is 18.2 Å². The van der Waals surface area contributed by atoms with E-state index in [1.54, 1.807) is 22.4 Å². The van der Waals surface area contributed by atoms with Crippen molar-refractivity contribution < 1.29 is 14.3 Å². The van der Waals surface area contributed by atoms with Gasteiger partial charge < -0.3 is 14.4 Å². The molecule has 0 unspecified atom stereocenters. The summed E-state index contributed by atoms with van der Waals surface area (Å²) in [6, 6.07) is 19.5. The van der Waals surface area contributed by atoms with E-state index in [2.05, 4.69) is 4.98 Å². The molecule has 1 aliphatic heterocycles. The van der Waals surface area contributed by atoms with Crippen LogP contribution < -0.4 is 14.4 Å². The van der Waals surface area contributed by atoms with E-state index in [0.717, 1.165) is 39.0 Å². The monoisotopic (exact) mass is 443 g/mol. The van der Waals surface area contributed by atoms with E-state index in [4.69, 9.17) is 14.5 Å². The summed E-state index contributed by atoms with van der Waals surface area (Å²) in [5, 5.41) is 2.86.